The highest BCUT2D eigenvalue weighted by Crippen LogP contribution is 2.19. The van der Waals surface area contributed by atoms with Gasteiger partial charge in [-0.2, -0.15) is 5.26 Å². The summed E-state index contributed by atoms with van der Waals surface area (Å²) in [5.74, 6) is -1.02. The molecule has 0 unspecified atom stereocenters. The maximum atomic E-state index is 12.4. The quantitative estimate of drug-likeness (QED) is 0.548. The number of aliphatic hydroxyl groups excluding tert-OH is 1. The molecule has 4 N–H and O–H groups in total. The third-order valence-corrected chi connectivity index (χ3v) is 3.86. The maximum Gasteiger partial charge on any atom is 0.325 e. The van der Waals surface area contributed by atoms with Crippen LogP contribution in [0.25, 0.3) is 16.5 Å². The van der Waals surface area contributed by atoms with Crippen LogP contribution in [0.1, 0.15) is 31.2 Å². The number of aliphatic hydroxyl groups is 1. The molecule has 1 atom stereocenters. The van der Waals surface area contributed by atoms with E-state index in [2.05, 4.69) is 15.3 Å². The molecule has 1 aromatic heterocycles. The number of nitriles is 1. The summed E-state index contributed by atoms with van der Waals surface area (Å²) in [5, 5.41) is 30.9. The van der Waals surface area contributed by atoms with Crippen molar-refractivity contribution < 1.29 is 15.0 Å². The zero-order valence-electron chi connectivity index (χ0n) is 14.5. The van der Waals surface area contributed by atoms with Crippen LogP contribution in [0.2, 0.25) is 0 Å². The molecule has 1 aromatic carbocycles. The van der Waals surface area contributed by atoms with E-state index in [9.17, 15) is 14.9 Å². The highest BCUT2D eigenvalue weighted by molar-refractivity contribution is 5.83. The molecule has 0 aliphatic heterocycles. The lowest BCUT2D eigenvalue weighted by Gasteiger charge is -2.16. The van der Waals surface area contributed by atoms with Crippen molar-refractivity contribution in [2.45, 2.75) is 32.7 Å². The lowest BCUT2D eigenvalue weighted by Crippen LogP contribution is -2.34. The number of aliphatic carboxylic acids is 1. The number of carboxylic acids is 1. The van der Waals surface area contributed by atoms with Gasteiger partial charge < -0.3 is 20.5 Å². The van der Waals surface area contributed by atoms with Gasteiger partial charge in [0.15, 0.2) is 5.82 Å². The molecule has 2 rings (SSSR count). The number of carboxylic acid groups (broad SMARTS) is 1. The van der Waals surface area contributed by atoms with E-state index in [-0.39, 0.29) is 30.0 Å². The Bertz CT molecular complexity index is 956. The summed E-state index contributed by atoms with van der Waals surface area (Å²) < 4.78 is 0. The zero-order chi connectivity index (χ0) is 19.3. The summed E-state index contributed by atoms with van der Waals surface area (Å²) in [4.78, 5) is 30.4. The average molecular weight is 356 g/mol. The molecule has 8 nitrogen and oxygen atoms in total. The van der Waals surface area contributed by atoms with Crippen LogP contribution < -0.4 is 10.9 Å². The Hall–Kier alpha value is -3.18. The van der Waals surface area contributed by atoms with Crippen molar-refractivity contribution in [3.05, 3.63) is 45.6 Å². The highest BCUT2D eigenvalue weighted by atomic mass is 16.4. The SMILES string of the molecule is Cc1ccc2nc(/C(C#N)=C(/CCCO)N[C@@H](C)C(=O)O)[nH]c(=O)c2c1. The normalized spacial score (nSPS) is 13.0. The number of allylic oxidation sites excluding steroid dienone is 2. The molecule has 2 aromatic rings. The number of aromatic nitrogens is 2. The third kappa shape index (κ3) is 4.26. The monoisotopic (exact) mass is 356 g/mol. The van der Waals surface area contributed by atoms with Crippen LogP contribution in [-0.2, 0) is 4.79 Å². The van der Waals surface area contributed by atoms with Crippen molar-refractivity contribution in [3.63, 3.8) is 0 Å². The lowest BCUT2D eigenvalue weighted by molar-refractivity contribution is -0.138. The predicted molar refractivity (Wildman–Crippen MR) is 96.2 cm³/mol. The van der Waals surface area contributed by atoms with Crippen LogP contribution in [0.5, 0.6) is 0 Å². The fourth-order valence-electron chi connectivity index (χ4n) is 2.48. The largest absolute Gasteiger partial charge is 0.480 e. The third-order valence-electron chi connectivity index (χ3n) is 3.86. The second-order valence-electron chi connectivity index (χ2n) is 5.93. The molecule has 8 heteroatoms. The minimum atomic E-state index is -1.08. The van der Waals surface area contributed by atoms with Crippen LogP contribution >= 0.6 is 0 Å². The van der Waals surface area contributed by atoms with Gasteiger partial charge in [-0.05, 0) is 38.8 Å². The maximum absolute atomic E-state index is 12.4. The van der Waals surface area contributed by atoms with E-state index in [1.54, 1.807) is 12.1 Å². The number of rotatable bonds is 7. The molecule has 0 fully saturated rings. The number of benzene rings is 1. The van der Waals surface area contributed by atoms with E-state index < -0.39 is 12.0 Å². The Morgan fingerprint density at radius 2 is 2.19 bits per heavy atom. The van der Waals surface area contributed by atoms with Gasteiger partial charge >= 0.3 is 5.97 Å². The molecule has 0 bridgehead atoms. The van der Waals surface area contributed by atoms with E-state index in [1.807, 2.05) is 19.1 Å². The van der Waals surface area contributed by atoms with E-state index in [4.69, 9.17) is 10.2 Å². The first kappa shape index (κ1) is 19.1. The number of aryl methyl sites for hydroxylation is 1. The number of aromatic amines is 1. The summed E-state index contributed by atoms with van der Waals surface area (Å²) in [5.41, 5.74) is 1.33. The van der Waals surface area contributed by atoms with Gasteiger partial charge in [-0.3, -0.25) is 9.59 Å². The fourth-order valence-corrected chi connectivity index (χ4v) is 2.48. The average Bonchev–Trinajstić information content (AvgIpc) is 2.60. The van der Waals surface area contributed by atoms with E-state index in [0.717, 1.165) is 5.56 Å². The first-order chi connectivity index (χ1) is 12.4. The topological polar surface area (TPSA) is 139 Å². The Labute approximate surface area is 149 Å². The van der Waals surface area contributed by atoms with Gasteiger partial charge in [0, 0.05) is 12.3 Å². The Morgan fingerprint density at radius 1 is 1.46 bits per heavy atom. The van der Waals surface area contributed by atoms with Crippen LogP contribution in [0.3, 0.4) is 0 Å². The number of nitrogens with one attached hydrogen (secondary N) is 2. The minimum absolute atomic E-state index is 0.0473. The Kier molecular flexibility index (Phi) is 6.09. The van der Waals surface area contributed by atoms with Gasteiger partial charge in [0.25, 0.3) is 5.56 Å². The first-order valence-electron chi connectivity index (χ1n) is 8.12. The molecular weight excluding hydrogens is 336 g/mol. The molecule has 1 heterocycles. The van der Waals surface area contributed by atoms with Gasteiger partial charge in [0.2, 0.25) is 0 Å². The number of H-pyrrole nitrogens is 1. The number of carbonyl (C=O) groups is 1. The van der Waals surface area contributed by atoms with Crippen molar-refractivity contribution in [1.29, 1.82) is 5.26 Å². The van der Waals surface area contributed by atoms with Gasteiger partial charge in [-0.25, -0.2) is 4.98 Å². The second kappa shape index (κ2) is 8.27. The number of fused-ring (bicyclic) bond motifs is 1. The van der Waals surface area contributed by atoms with E-state index in [1.165, 1.54) is 6.92 Å². The minimum Gasteiger partial charge on any atom is -0.480 e. The molecule has 136 valence electrons. The number of nitrogens with zero attached hydrogens (tertiary/aromatic N) is 2. The highest BCUT2D eigenvalue weighted by Gasteiger charge is 2.18. The number of hydrogen-bond acceptors (Lipinski definition) is 6. The van der Waals surface area contributed by atoms with Crippen LogP contribution in [0, 0.1) is 18.3 Å². The molecule has 0 spiro atoms. The molecule has 0 saturated carbocycles. The fraction of sp³-hybridized carbons (Fsp3) is 0.333. The summed E-state index contributed by atoms with van der Waals surface area (Å²) in [6.45, 7) is 3.18. The summed E-state index contributed by atoms with van der Waals surface area (Å²) >= 11 is 0. The van der Waals surface area contributed by atoms with E-state index >= 15 is 0 Å². The van der Waals surface area contributed by atoms with Gasteiger partial charge in [0.05, 0.1) is 10.9 Å². The summed E-state index contributed by atoms with van der Waals surface area (Å²) in [6, 6.07) is 6.25. The molecule has 0 aliphatic carbocycles. The first-order valence-corrected chi connectivity index (χ1v) is 8.12. The molecule has 0 amide bonds. The van der Waals surface area contributed by atoms with Crippen molar-refractivity contribution in [2.24, 2.45) is 0 Å². The van der Waals surface area contributed by atoms with Crippen LogP contribution in [0.15, 0.2) is 28.7 Å². The van der Waals surface area contributed by atoms with Crippen molar-refractivity contribution in [2.75, 3.05) is 6.61 Å². The van der Waals surface area contributed by atoms with E-state index in [0.29, 0.717) is 23.0 Å². The van der Waals surface area contributed by atoms with Gasteiger partial charge in [-0.1, -0.05) is 11.6 Å². The smallest absolute Gasteiger partial charge is 0.325 e. The second-order valence-corrected chi connectivity index (χ2v) is 5.93. The lowest BCUT2D eigenvalue weighted by atomic mass is 10.1. The van der Waals surface area contributed by atoms with Gasteiger partial charge in [-0.15, -0.1) is 0 Å². The Morgan fingerprint density at radius 3 is 2.81 bits per heavy atom. The molecule has 0 saturated heterocycles. The van der Waals surface area contributed by atoms with Crippen molar-refractivity contribution >= 4 is 22.4 Å². The van der Waals surface area contributed by atoms with Crippen LogP contribution in [-0.4, -0.2) is 38.8 Å². The molecule has 26 heavy (non-hydrogen) atoms. The van der Waals surface area contributed by atoms with Gasteiger partial charge in [0.1, 0.15) is 17.7 Å². The number of hydrogen-bond donors (Lipinski definition) is 4. The summed E-state index contributed by atoms with van der Waals surface area (Å²) in [7, 11) is 0. The van der Waals surface area contributed by atoms with Crippen molar-refractivity contribution in [3.8, 4) is 6.07 Å². The predicted octanol–water partition coefficient (Wildman–Crippen LogP) is 1.30. The van der Waals surface area contributed by atoms with Crippen molar-refractivity contribution in [1.82, 2.24) is 15.3 Å². The molecule has 0 aliphatic rings. The Balaban J connectivity index is 2.61. The molecular formula is C18H20N4O4. The standard InChI is InChI=1S/C18H20N4O4/c1-10-5-6-15-12(8-10)17(24)22-16(21-15)13(9-19)14(4-3-7-23)20-11(2)18(25)26/h5-6,8,11,20,23H,3-4,7H2,1-2H3,(H,25,26)(H,21,22,24)/b14-13-/t11-/m0/s1. The summed E-state index contributed by atoms with van der Waals surface area (Å²) in [6.07, 6.45) is 0.573. The molecule has 0 radical (unpaired) electrons. The van der Waals surface area contributed by atoms with Crippen LogP contribution in [0.4, 0.5) is 0 Å². The zero-order valence-corrected chi connectivity index (χ0v) is 14.5.